The van der Waals surface area contributed by atoms with Crippen molar-refractivity contribution < 1.29 is 19.7 Å². The zero-order valence-corrected chi connectivity index (χ0v) is 16.0. The number of rotatable bonds is 2. The molecular weight excluding hydrogens is 382 g/mol. The van der Waals surface area contributed by atoms with Gasteiger partial charge in [-0.25, -0.2) is 0 Å². The lowest BCUT2D eigenvalue weighted by Crippen LogP contribution is -2.40. The number of aliphatic hydroxyl groups excluding tert-OH is 1. The van der Waals surface area contributed by atoms with E-state index in [1.54, 1.807) is 24.3 Å². The van der Waals surface area contributed by atoms with Crippen LogP contribution < -0.4 is 5.43 Å². The summed E-state index contributed by atoms with van der Waals surface area (Å²) in [4.78, 5) is 14.8. The minimum absolute atomic E-state index is 0.0188. The highest BCUT2D eigenvalue weighted by atomic mass is 35.5. The van der Waals surface area contributed by atoms with E-state index in [4.69, 9.17) is 16.0 Å². The smallest absolute Gasteiger partial charge is 0.197 e. The molecule has 2 aromatic carbocycles. The second-order valence-corrected chi connectivity index (χ2v) is 7.62. The van der Waals surface area contributed by atoms with E-state index >= 15 is 0 Å². The minimum Gasteiger partial charge on any atom is -0.507 e. The van der Waals surface area contributed by atoms with E-state index in [-0.39, 0.29) is 28.2 Å². The maximum Gasteiger partial charge on any atom is 0.197 e. The molecule has 1 saturated heterocycles. The van der Waals surface area contributed by atoms with Gasteiger partial charge >= 0.3 is 0 Å². The van der Waals surface area contributed by atoms with Gasteiger partial charge < -0.3 is 24.6 Å². The van der Waals surface area contributed by atoms with Crippen LogP contribution in [0.2, 0.25) is 5.02 Å². The maximum atomic E-state index is 12.8. The monoisotopic (exact) mass is 401 g/mol. The van der Waals surface area contributed by atoms with Crippen LogP contribution in [-0.4, -0.2) is 46.5 Å². The number of β-amino-alcohol motifs (C(OH)–C–C–N with tert-alkyl or cyclic N) is 1. The van der Waals surface area contributed by atoms with Gasteiger partial charge in [-0.1, -0.05) is 23.7 Å². The lowest BCUT2D eigenvalue weighted by atomic mass is 9.85. The number of piperidine rings is 1. The molecule has 146 valence electrons. The standard InChI is InChI=1S/C21H20ClNO5/c1-23-7-6-12(17(27)10-23)19-14(24)8-15(25)20-16(26)9-18(28-21(19)20)11-4-2-3-5-13(11)22/h2-5,8-9,12,17,24-25,27H,6-7,10H2,1H3/t12-,17-/m1/s1. The molecule has 28 heavy (non-hydrogen) atoms. The number of aromatic hydroxyl groups is 2. The Morgan fingerprint density at radius 1 is 1.18 bits per heavy atom. The Labute approximate surface area is 166 Å². The van der Waals surface area contributed by atoms with Crippen molar-refractivity contribution in [1.29, 1.82) is 0 Å². The van der Waals surface area contributed by atoms with Gasteiger partial charge in [-0.2, -0.15) is 0 Å². The number of nitrogens with zero attached hydrogens (tertiary/aromatic N) is 1. The molecule has 2 heterocycles. The molecule has 6 nitrogen and oxygen atoms in total. The van der Waals surface area contributed by atoms with E-state index in [2.05, 4.69) is 0 Å². The summed E-state index contributed by atoms with van der Waals surface area (Å²) in [6.45, 7) is 1.15. The van der Waals surface area contributed by atoms with E-state index in [9.17, 15) is 20.1 Å². The molecule has 0 spiro atoms. The van der Waals surface area contributed by atoms with Gasteiger partial charge in [-0.15, -0.1) is 0 Å². The van der Waals surface area contributed by atoms with Gasteiger partial charge in [0.15, 0.2) is 5.43 Å². The lowest BCUT2D eigenvalue weighted by molar-refractivity contribution is 0.0630. The van der Waals surface area contributed by atoms with Crippen molar-refractivity contribution in [3.63, 3.8) is 0 Å². The summed E-state index contributed by atoms with van der Waals surface area (Å²) in [5, 5.41) is 31.8. The SMILES string of the molecule is CN1CC[C@@H](c2c(O)cc(O)c3c(=O)cc(-c4ccccc4Cl)oc23)[C@H](O)C1. The van der Waals surface area contributed by atoms with Crippen LogP contribution in [0.1, 0.15) is 17.9 Å². The summed E-state index contributed by atoms with van der Waals surface area (Å²) in [7, 11) is 1.91. The first-order chi connectivity index (χ1) is 13.4. The summed E-state index contributed by atoms with van der Waals surface area (Å²) >= 11 is 6.25. The molecule has 0 radical (unpaired) electrons. The molecule has 0 amide bonds. The normalized spacial score (nSPS) is 20.5. The highest BCUT2D eigenvalue weighted by Crippen LogP contribution is 2.42. The number of phenolic OH excluding ortho intramolecular Hbond substituents is 2. The largest absolute Gasteiger partial charge is 0.507 e. The van der Waals surface area contributed by atoms with Crippen LogP contribution in [0.4, 0.5) is 0 Å². The Morgan fingerprint density at radius 3 is 2.64 bits per heavy atom. The summed E-state index contributed by atoms with van der Waals surface area (Å²) in [5.74, 6) is -0.767. The van der Waals surface area contributed by atoms with Gasteiger partial charge in [-0.3, -0.25) is 4.79 Å². The predicted octanol–water partition coefficient (Wildman–Crippen LogP) is 3.30. The number of phenols is 2. The first kappa shape index (κ1) is 18.8. The number of aliphatic hydroxyl groups is 1. The molecule has 1 aliphatic rings. The number of likely N-dealkylation sites (N-methyl/N-ethyl adjacent to an activating group) is 1. The molecule has 3 N–H and O–H groups in total. The summed E-state index contributed by atoms with van der Waals surface area (Å²) in [6, 6.07) is 9.35. The molecule has 0 aliphatic carbocycles. The van der Waals surface area contributed by atoms with Crippen molar-refractivity contribution in [2.24, 2.45) is 0 Å². The Morgan fingerprint density at radius 2 is 1.93 bits per heavy atom. The maximum absolute atomic E-state index is 12.8. The number of hydrogen-bond donors (Lipinski definition) is 3. The predicted molar refractivity (Wildman–Crippen MR) is 107 cm³/mol. The molecule has 7 heteroatoms. The van der Waals surface area contributed by atoms with Crippen LogP contribution in [0.25, 0.3) is 22.3 Å². The van der Waals surface area contributed by atoms with Gasteiger partial charge in [0.05, 0.1) is 11.1 Å². The van der Waals surface area contributed by atoms with Gasteiger partial charge in [-0.05, 0) is 32.1 Å². The highest BCUT2D eigenvalue weighted by molar-refractivity contribution is 6.33. The van der Waals surface area contributed by atoms with E-state index in [1.165, 1.54) is 6.07 Å². The summed E-state index contributed by atoms with van der Waals surface area (Å²) in [6.07, 6.45) is -0.169. The van der Waals surface area contributed by atoms with Crippen LogP contribution in [0.15, 0.2) is 45.6 Å². The van der Waals surface area contributed by atoms with E-state index in [0.717, 1.165) is 12.6 Å². The lowest BCUT2D eigenvalue weighted by Gasteiger charge is -2.34. The zero-order chi connectivity index (χ0) is 20.0. The number of fused-ring (bicyclic) bond motifs is 1. The molecule has 4 rings (SSSR count). The summed E-state index contributed by atoms with van der Waals surface area (Å²) < 4.78 is 6.00. The molecule has 1 fully saturated rings. The van der Waals surface area contributed by atoms with Gasteiger partial charge in [0, 0.05) is 35.7 Å². The van der Waals surface area contributed by atoms with Crippen molar-refractivity contribution in [1.82, 2.24) is 4.90 Å². The van der Waals surface area contributed by atoms with Crippen molar-refractivity contribution in [3.8, 4) is 22.8 Å². The van der Waals surface area contributed by atoms with Crippen molar-refractivity contribution in [2.75, 3.05) is 20.1 Å². The topological polar surface area (TPSA) is 94.1 Å². The molecule has 1 aromatic heterocycles. The van der Waals surface area contributed by atoms with E-state index in [1.807, 2.05) is 11.9 Å². The first-order valence-corrected chi connectivity index (χ1v) is 9.38. The molecule has 0 bridgehead atoms. The number of halogens is 1. The third-order valence-corrected chi connectivity index (χ3v) is 5.62. The molecule has 3 aromatic rings. The third kappa shape index (κ3) is 3.13. The molecule has 0 saturated carbocycles. The Kier molecular flexibility index (Phi) is 4.79. The number of hydrogen-bond acceptors (Lipinski definition) is 6. The third-order valence-electron chi connectivity index (χ3n) is 5.29. The fraction of sp³-hybridized carbons (Fsp3) is 0.286. The zero-order valence-electron chi connectivity index (χ0n) is 15.2. The van der Waals surface area contributed by atoms with Crippen LogP contribution in [-0.2, 0) is 0 Å². The Balaban J connectivity index is 2.00. The first-order valence-electron chi connectivity index (χ1n) is 9.01. The Hall–Kier alpha value is -2.54. The second-order valence-electron chi connectivity index (χ2n) is 7.21. The fourth-order valence-corrected chi connectivity index (χ4v) is 4.13. The second kappa shape index (κ2) is 7.13. The van der Waals surface area contributed by atoms with Crippen molar-refractivity contribution in [2.45, 2.75) is 18.4 Å². The quantitative estimate of drug-likeness (QED) is 0.610. The van der Waals surface area contributed by atoms with E-state index in [0.29, 0.717) is 29.1 Å². The Bertz CT molecular complexity index is 1110. The van der Waals surface area contributed by atoms with Crippen LogP contribution in [0.5, 0.6) is 11.5 Å². The minimum atomic E-state index is -0.744. The van der Waals surface area contributed by atoms with Gasteiger partial charge in [0.2, 0.25) is 0 Å². The number of likely N-dealkylation sites (tertiary alicyclic amines) is 1. The van der Waals surface area contributed by atoms with Gasteiger partial charge in [0.1, 0.15) is 28.2 Å². The van der Waals surface area contributed by atoms with Crippen LogP contribution in [0, 0.1) is 0 Å². The average molecular weight is 402 g/mol. The molecule has 1 aliphatic heterocycles. The number of benzene rings is 2. The van der Waals surface area contributed by atoms with Crippen molar-refractivity contribution >= 4 is 22.6 Å². The molecule has 2 atom stereocenters. The highest BCUT2D eigenvalue weighted by Gasteiger charge is 2.33. The average Bonchev–Trinajstić information content (AvgIpc) is 2.63. The van der Waals surface area contributed by atoms with Crippen LogP contribution >= 0.6 is 11.6 Å². The van der Waals surface area contributed by atoms with Crippen molar-refractivity contribution in [3.05, 3.63) is 57.2 Å². The summed E-state index contributed by atoms with van der Waals surface area (Å²) in [5.41, 5.74) is 0.492. The fourth-order valence-electron chi connectivity index (χ4n) is 3.90. The van der Waals surface area contributed by atoms with Crippen LogP contribution in [0.3, 0.4) is 0 Å². The molecular formula is C21H20ClNO5. The van der Waals surface area contributed by atoms with Gasteiger partial charge in [0.25, 0.3) is 0 Å². The van der Waals surface area contributed by atoms with E-state index < -0.39 is 17.5 Å². The molecule has 0 unspecified atom stereocenters.